The number of benzene rings is 1. The van der Waals surface area contributed by atoms with Gasteiger partial charge in [-0.25, -0.2) is 0 Å². The lowest BCUT2D eigenvalue weighted by Gasteiger charge is -2.10. The standard InChI is InChI=1S/C10H12N3O2S/c1-7(14)12-13-10(16)11-8-3-5-9(15-2)6-4-8/h3-6H,1H2,2H3,(H,12,14)(H2,11,13,16). The summed E-state index contributed by atoms with van der Waals surface area (Å²) in [5.41, 5.74) is 5.53. The minimum absolute atomic E-state index is 0.280. The average Bonchev–Trinajstić information content (AvgIpc) is 2.27. The summed E-state index contributed by atoms with van der Waals surface area (Å²) in [5.74, 6) is 0.300. The Hall–Kier alpha value is -1.82. The van der Waals surface area contributed by atoms with Crippen LogP contribution in [0.1, 0.15) is 0 Å². The fourth-order valence-corrected chi connectivity index (χ4v) is 1.13. The normalized spacial score (nSPS) is 9.12. The van der Waals surface area contributed by atoms with Crippen LogP contribution in [0.4, 0.5) is 5.69 Å². The van der Waals surface area contributed by atoms with Crippen LogP contribution in [0.5, 0.6) is 5.75 Å². The van der Waals surface area contributed by atoms with E-state index in [0.29, 0.717) is 0 Å². The Kier molecular flexibility index (Phi) is 4.53. The third kappa shape index (κ3) is 4.14. The Morgan fingerprint density at radius 1 is 1.31 bits per heavy atom. The van der Waals surface area contributed by atoms with Crippen LogP contribution >= 0.6 is 12.2 Å². The van der Waals surface area contributed by atoms with Crippen LogP contribution < -0.4 is 20.9 Å². The molecule has 1 amide bonds. The highest BCUT2D eigenvalue weighted by Crippen LogP contribution is 2.14. The van der Waals surface area contributed by atoms with E-state index >= 15 is 0 Å². The van der Waals surface area contributed by atoms with Gasteiger partial charge in [0.05, 0.1) is 7.11 Å². The van der Waals surface area contributed by atoms with Crippen LogP contribution in [-0.2, 0) is 4.79 Å². The van der Waals surface area contributed by atoms with Crippen LogP contribution in [0.2, 0.25) is 0 Å². The number of hydrogen-bond donors (Lipinski definition) is 3. The number of amides is 1. The van der Waals surface area contributed by atoms with Crippen molar-refractivity contribution in [1.82, 2.24) is 10.9 Å². The zero-order chi connectivity index (χ0) is 12.0. The second-order valence-electron chi connectivity index (χ2n) is 2.86. The molecule has 5 nitrogen and oxygen atoms in total. The molecule has 6 heteroatoms. The fraction of sp³-hybridized carbons (Fsp3) is 0.100. The van der Waals surface area contributed by atoms with Gasteiger partial charge in [0.25, 0.3) is 0 Å². The van der Waals surface area contributed by atoms with E-state index in [2.05, 4.69) is 23.1 Å². The van der Waals surface area contributed by atoms with Gasteiger partial charge in [-0.05, 0) is 36.5 Å². The lowest BCUT2D eigenvalue weighted by atomic mass is 10.3. The monoisotopic (exact) mass is 238 g/mol. The molecule has 0 bridgehead atoms. The Labute approximate surface area is 99.1 Å². The van der Waals surface area contributed by atoms with Gasteiger partial charge in [0.1, 0.15) is 5.75 Å². The number of nitrogens with one attached hydrogen (secondary N) is 3. The molecule has 16 heavy (non-hydrogen) atoms. The number of ether oxygens (including phenoxy) is 1. The van der Waals surface area contributed by atoms with Gasteiger partial charge < -0.3 is 10.1 Å². The third-order valence-electron chi connectivity index (χ3n) is 1.66. The summed E-state index contributed by atoms with van der Waals surface area (Å²) in [5, 5.41) is 3.15. The zero-order valence-electron chi connectivity index (χ0n) is 8.74. The molecule has 3 N–H and O–H groups in total. The summed E-state index contributed by atoms with van der Waals surface area (Å²) in [7, 11) is 1.60. The van der Waals surface area contributed by atoms with Crippen molar-refractivity contribution >= 4 is 28.9 Å². The largest absolute Gasteiger partial charge is 0.497 e. The predicted molar refractivity (Wildman–Crippen MR) is 65.9 cm³/mol. The summed E-state index contributed by atoms with van der Waals surface area (Å²) >= 11 is 4.92. The average molecular weight is 238 g/mol. The van der Waals surface area contributed by atoms with Gasteiger partial charge in [0, 0.05) is 12.6 Å². The molecule has 0 aliphatic heterocycles. The number of methoxy groups -OCH3 is 1. The van der Waals surface area contributed by atoms with E-state index in [1.807, 2.05) is 0 Å². The van der Waals surface area contributed by atoms with Crippen LogP contribution in [0, 0.1) is 6.92 Å². The van der Waals surface area contributed by atoms with Gasteiger partial charge in [0.2, 0.25) is 5.91 Å². The van der Waals surface area contributed by atoms with Crippen molar-refractivity contribution in [3.8, 4) is 5.75 Å². The minimum Gasteiger partial charge on any atom is -0.497 e. The van der Waals surface area contributed by atoms with E-state index < -0.39 is 5.91 Å². The summed E-state index contributed by atoms with van der Waals surface area (Å²) in [6.07, 6.45) is 0. The first kappa shape index (κ1) is 12.3. The van der Waals surface area contributed by atoms with Crippen molar-refractivity contribution < 1.29 is 9.53 Å². The molecule has 0 spiro atoms. The molecule has 0 heterocycles. The number of carbonyl (C=O) groups is 1. The molecule has 1 radical (unpaired) electrons. The molecule has 85 valence electrons. The summed E-state index contributed by atoms with van der Waals surface area (Å²) in [6, 6.07) is 7.20. The van der Waals surface area contributed by atoms with E-state index in [4.69, 9.17) is 17.0 Å². The highest BCUT2D eigenvalue weighted by atomic mass is 32.1. The van der Waals surface area contributed by atoms with E-state index in [1.54, 1.807) is 31.4 Å². The van der Waals surface area contributed by atoms with Crippen molar-refractivity contribution in [3.63, 3.8) is 0 Å². The first-order valence-electron chi connectivity index (χ1n) is 4.45. The lowest BCUT2D eigenvalue weighted by Crippen LogP contribution is -2.42. The van der Waals surface area contributed by atoms with E-state index in [-0.39, 0.29) is 5.11 Å². The van der Waals surface area contributed by atoms with Gasteiger partial charge in [-0.15, -0.1) is 0 Å². The fourth-order valence-electron chi connectivity index (χ4n) is 0.963. The predicted octanol–water partition coefficient (Wildman–Crippen LogP) is 0.847. The molecular weight excluding hydrogens is 226 g/mol. The highest BCUT2D eigenvalue weighted by molar-refractivity contribution is 7.80. The molecule has 1 aromatic rings. The number of anilines is 1. The van der Waals surface area contributed by atoms with Gasteiger partial charge >= 0.3 is 0 Å². The molecule has 0 aliphatic carbocycles. The molecule has 0 aliphatic rings. The summed E-state index contributed by atoms with van der Waals surface area (Å²) in [4.78, 5) is 10.5. The topological polar surface area (TPSA) is 62.4 Å². The van der Waals surface area contributed by atoms with E-state index in [0.717, 1.165) is 11.4 Å². The Morgan fingerprint density at radius 2 is 1.94 bits per heavy atom. The van der Waals surface area contributed by atoms with Crippen molar-refractivity contribution in [2.75, 3.05) is 12.4 Å². The van der Waals surface area contributed by atoms with Crippen molar-refractivity contribution in [1.29, 1.82) is 0 Å². The van der Waals surface area contributed by atoms with Crippen LogP contribution in [0.25, 0.3) is 0 Å². The summed E-state index contributed by atoms with van der Waals surface area (Å²) in [6.45, 7) is 3.12. The molecule has 0 saturated carbocycles. The quantitative estimate of drug-likeness (QED) is 0.526. The number of hydrazine groups is 1. The number of thiocarbonyl (C=S) groups is 1. The second kappa shape index (κ2) is 5.92. The molecule has 0 aromatic heterocycles. The molecule has 0 unspecified atom stereocenters. The van der Waals surface area contributed by atoms with Gasteiger partial charge in [-0.1, -0.05) is 0 Å². The van der Waals surface area contributed by atoms with Crippen molar-refractivity contribution in [2.45, 2.75) is 0 Å². The smallest absolute Gasteiger partial charge is 0.238 e. The maximum absolute atomic E-state index is 10.5. The van der Waals surface area contributed by atoms with Crippen LogP contribution in [0.15, 0.2) is 24.3 Å². The van der Waals surface area contributed by atoms with Gasteiger partial charge in [-0.3, -0.25) is 15.6 Å². The first-order valence-corrected chi connectivity index (χ1v) is 4.85. The SMILES string of the molecule is [CH2]C(=O)NNC(=S)Nc1ccc(OC)cc1. The Balaban J connectivity index is 2.46. The molecule has 0 atom stereocenters. The summed E-state index contributed by atoms with van der Waals surface area (Å²) < 4.78 is 5.01. The second-order valence-corrected chi connectivity index (χ2v) is 3.26. The molecule has 0 saturated heterocycles. The Morgan fingerprint density at radius 3 is 2.44 bits per heavy atom. The third-order valence-corrected chi connectivity index (χ3v) is 1.87. The van der Waals surface area contributed by atoms with E-state index in [9.17, 15) is 4.79 Å². The lowest BCUT2D eigenvalue weighted by molar-refractivity contribution is -0.117. The zero-order valence-corrected chi connectivity index (χ0v) is 9.56. The van der Waals surface area contributed by atoms with E-state index in [1.165, 1.54) is 0 Å². The molecule has 1 aromatic carbocycles. The maximum atomic E-state index is 10.5. The first-order chi connectivity index (χ1) is 7.61. The molecule has 0 fully saturated rings. The highest BCUT2D eigenvalue weighted by Gasteiger charge is 1.98. The van der Waals surface area contributed by atoms with Crippen LogP contribution in [0.3, 0.4) is 0 Å². The van der Waals surface area contributed by atoms with Gasteiger partial charge in [0.15, 0.2) is 5.11 Å². The number of carbonyl (C=O) groups excluding carboxylic acids is 1. The van der Waals surface area contributed by atoms with Crippen molar-refractivity contribution in [2.24, 2.45) is 0 Å². The number of hydrogen-bond acceptors (Lipinski definition) is 3. The Bertz CT molecular complexity index is 378. The minimum atomic E-state index is -0.459. The maximum Gasteiger partial charge on any atom is 0.238 e. The molecular formula is C10H12N3O2S. The van der Waals surface area contributed by atoms with Crippen LogP contribution in [-0.4, -0.2) is 18.1 Å². The van der Waals surface area contributed by atoms with Gasteiger partial charge in [-0.2, -0.15) is 0 Å². The molecule has 1 rings (SSSR count). The number of rotatable bonds is 2. The van der Waals surface area contributed by atoms with Crippen molar-refractivity contribution in [3.05, 3.63) is 31.2 Å².